The molecule has 230 valence electrons. The number of phenols is 1. The first kappa shape index (κ1) is 29.9. The number of amides is 5. The van der Waals surface area contributed by atoms with Crippen LogP contribution in [-0.4, -0.2) is 70.8 Å². The van der Waals surface area contributed by atoms with Crippen molar-refractivity contribution in [2.75, 3.05) is 26.2 Å². The molecule has 0 radical (unpaired) electrons. The number of halogens is 3. The summed E-state index contributed by atoms with van der Waals surface area (Å²) in [6.45, 7) is 0. The number of likely N-dealkylation sites (tertiary alicyclic amines) is 1. The standard InChI is InChI=1S/C30H25Cl2FN2O9/c1-42-19-10-13(11-20(43-2)23(19)36)22-16-8-9-17-21(25(38)35(24(17)37)28(41)44-3)18(16)12-29(31)26(39)34(27(40)30(22,29)32)15-6-4-14(33)5-7-15/h4-8,10-11,17-18,21-22,36H,9,12H2,1-3H3/t17-,18+,21-,22-,29+,30-/m0/s1. The molecule has 14 heteroatoms. The van der Waals surface area contributed by atoms with Crippen molar-refractivity contribution in [1.29, 1.82) is 0 Å². The van der Waals surface area contributed by atoms with Gasteiger partial charge in [-0.25, -0.2) is 14.1 Å². The molecule has 6 rings (SSSR count). The molecule has 2 aliphatic carbocycles. The first-order valence-corrected chi connectivity index (χ1v) is 14.2. The van der Waals surface area contributed by atoms with Gasteiger partial charge < -0.3 is 19.3 Å². The van der Waals surface area contributed by atoms with E-state index in [1.54, 1.807) is 6.08 Å². The molecule has 44 heavy (non-hydrogen) atoms. The molecule has 0 aromatic heterocycles. The highest BCUT2D eigenvalue weighted by molar-refractivity contribution is 6.58. The van der Waals surface area contributed by atoms with Gasteiger partial charge in [-0.05, 0) is 60.7 Å². The van der Waals surface area contributed by atoms with Crippen molar-refractivity contribution in [1.82, 2.24) is 4.90 Å². The molecule has 2 aliphatic heterocycles. The molecule has 1 N–H and O–H groups in total. The molecule has 11 nitrogen and oxygen atoms in total. The second kappa shape index (κ2) is 10.2. The number of allylic oxidation sites excluding steroid dienone is 2. The third-order valence-corrected chi connectivity index (χ3v) is 10.5. The summed E-state index contributed by atoms with van der Waals surface area (Å²) in [5, 5.41) is 10.6. The molecule has 2 heterocycles. The number of benzene rings is 2. The summed E-state index contributed by atoms with van der Waals surface area (Å²) in [5.74, 6) is -8.61. The molecule has 1 saturated carbocycles. The normalized spacial score (nSPS) is 30.9. The second-order valence-electron chi connectivity index (χ2n) is 11.0. The zero-order chi connectivity index (χ0) is 31.9. The fourth-order valence-corrected chi connectivity index (χ4v) is 8.06. The van der Waals surface area contributed by atoms with Crippen LogP contribution in [0, 0.1) is 23.6 Å². The Morgan fingerprint density at radius 2 is 1.57 bits per heavy atom. The van der Waals surface area contributed by atoms with E-state index in [0.717, 1.165) is 24.1 Å². The molecule has 0 bridgehead atoms. The average Bonchev–Trinajstić information content (AvgIpc) is 3.35. The zero-order valence-corrected chi connectivity index (χ0v) is 25.0. The van der Waals surface area contributed by atoms with Gasteiger partial charge in [-0.1, -0.05) is 11.6 Å². The van der Waals surface area contributed by atoms with Gasteiger partial charge in [0.05, 0.1) is 38.9 Å². The Morgan fingerprint density at radius 1 is 0.955 bits per heavy atom. The van der Waals surface area contributed by atoms with Crippen molar-refractivity contribution in [2.24, 2.45) is 17.8 Å². The molecule has 5 amide bonds. The van der Waals surface area contributed by atoms with Crippen molar-refractivity contribution < 1.29 is 47.7 Å². The Bertz CT molecular complexity index is 1660. The van der Waals surface area contributed by atoms with Gasteiger partial charge in [-0.15, -0.1) is 23.2 Å². The van der Waals surface area contributed by atoms with E-state index in [1.165, 1.54) is 38.5 Å². The van der Waals surface area contributed by atoms with Crippen LogP contribution in [0.1, 0.15) is 24.3 Å². The Labute approximate surface area is 260 Å². The van der Waals surface area contributed by atoms with Crippen molar-refractivity contribution in [3.05, 3.63) is 59.4 Å². The van der Waals surface area contributed by atoms with E-state index in [0.29, 0.717) is 10.5 Å². The Hall–Kier alpha value is -4.16. The lowest BCUT2D eigenvalue weighted by Gasteiger charge is -2.50. The molecule has 6 atom stereocenters. The zero-order valence-electron chi connectivity index (χ0n) is 23.5. The SMILES string of the molecule is COC(=O)N1C(=O)[C@H]2[C@H](CC=C3[C@H]2C[C@@]2(Cl)C(=O)N(c4ccc(F)cc4)C(=O)[C@@]2(Cl)[C@H]3c2cc(OC)c(O)c(OC)c2)C1=O. The summed E-state index contributed by atoms with van der Waals surface area (Å²) in [5.41, 5.74) is 0.714. The highest BCUT2D eigenvalue weighted by Crippen LogP contribution is 2.66. The van der Waals surface area contributed by atoms with E-state index < -0.39 is 69.0 Å². The molecular formula is C30H25Cl2FN2O9. The van der Waals surface area contributed by atoms with Gasteiger partial charge in [0, 0.05) is 5.92 Å². The lowest BCUT2D eigenvalue weighted by molar-refractivity contribution is -0.138. The predicted octanol–water partition coefficient (Wildman–Crippen LogP) is 3.88. The van der Waals surface area contributed by atoms with Gasteiger partial charge in [0.1, 0.15) is 5.82 Å². The maximum absolute atomic E-state index is 14.4. The van der Waals surface area contributed by atoms with Gasteiger partial charge in [0.15, 0.2) is 21.2 Å². The number of rotatable bonds is 4. The smallest absolute Gasteiger partial charge is 0.423 e. The van der Waals surface area contributed by atoms with Gasteiger partial charge in [0.25, 0.3) is 11.8 Å². The van der Waals surface area contributed by atoms with Crippen molar-refractivity contribution in [2.45, 2.75) is 28.5 Å². The number of aromatic hydroxyl groups is 1. The number of carbonyl (C=O) groups is 5. The van der Waals surface area contributed by atoms with E-state index >= 15 is 0 Å². The summed E-state index contributed by atoms with van der Waals surface area (Å²) in [4.78, 5) is 64.8. The Morgan fingerprint density at radius 3 is 2.14 bits per heavy atom. The minimum atomic E-state index is -2.21. The van der Waals surface area contributed by atoms with E-state index in [1.807, 2.05) is 0 Å². The van der Waals surface area contributed by atoms with Gasteiger partial charge >= 0.3 is 6.09 Å². The van der Waals surface area contributed by atoms with E-state index in [2.05, 4.69) is 4.74 Å². The highest BCUT2D eigenvalue weighted by Gasteiger charge is 2.76. The number of imide groups is 4. The molecule has 2 aromatic carbocycles. The molecule has 0 spiro atoms. The minimum Gasteiger partial charge on any atom is -0.502 e. The van der Waals surface area contributed by atoms with Crippen LogP contribution in [0.25, 0.3) is 0 Å². The fraction of sp³-hybridized carbons (Fsp3) is 0.367. The topological polar surface area (TPSA) is 140 Å². The number of hydrogen-bond donors (Lipinski definition) is 1. The number of carbonyl (C=O) groups excluding carboxylic acids is 5. The van der Waals surface area contributed by atoms with Crippen molar-refractivity contribution in [3.63, 3.8) is 0 Å². The number of methoxy groups -OCH3 is 3. The average molecular weight is 647 g/mol. The molecular weight excluding hydrogens is 622 g/mol. The number of anilines is 1. The molecule has 3 fully saturated rings. The lowest BCUT2D eigenvalue weighted by Crippen LogP contribution is -2.60. The van der Waals surface area contributed by atoms with Gasteiger partial charge in [0.2, 0.25) is 17.6 Å². The molecule has 2 aromatic rings. The van der Waals surface area contributed by atoms with Gasteiger partial charge in [-0.3, -0.25) is 19.2 Å². The molecule has 4 aliphatic rings. The van der Waals surface area contributed by atoms with E-state index in [9.17, 15) is 33.5 Å². The van der Waals surface area contributed by atoms with Crippen LogP contribution in [0.5, 0.6) is 17.2 Å². The molecule has 2 saturated heterocycles. The van der Waals surface area contributed by atoms with Crippen molar-refractivity contribution >= 4 is 58.6 Å². The van der Waals surface area contributed by atoms with E-state index in [-0.39, 0.29) is 41.3 Å². The van der Waals surface area contributed by atoms with Crippen LogP contribution in [0.2, 0.25) is 0 Å². The number of nitrogens with zero attached hydrogens (tertiary/aromatic N) is 2. The maximum Gasteiger partial charge on any atom is 0.423 e. The lowest BCUT2D eigenvalue weighted by atomic mass is 9.56. The van der Waals surface area contributed by atoms with Crippen molar-refractivity contribution in [3.8, 4) is 17.2 Å². The van der Waals surface area contributed by atoms with Crippen LogP contribution >= 0.6 is 23.2 Å². The molecule has 0 unspecified atom stereocenters. The van der Waals surface area contributed by atoms with Gasteiger partial charge in [-0.2, -0.15) is 4.90 Å². The number of hydrogen-bond acceptors (Lipinski definition) is 9. The summed E-state index contributed by atoms with van der Waals surface area (Å²) in [6, 6.07) is 7.45. The monoisotopic (exact) mass is 646 g/mol. The Balaban J connectivity index is 1.59. The quantitative estimate of drug-likeness (QED) is 0.298. The minimum absolute atomic E-state index is 0.0174. The third kappa shape index (κ3) is 3.76. The number of ether oxygens (including phenoxy) is 3. The predicted molar refractivity (Wildman–Crippen MR) is 152 cm³/mol. The summed E-state index contributed by atoms with van der Waals surface area (Å²) < 4.78 is 29.2. The first-order chi connectivity index (χ1) is 20.8. The van der Waals surface area contributed by atoms with Crippen LogP contribution in [0.15, 0.2) is 48.0 Å². The van der Waals surface area contributed by atoms with E-state index in [4.69, 9.17) is 32.7 Å². The third-order valence-electron chi connectivity index (χ3n) is 9.09. The largest absolute Gasteiger partial charge is 0.502 e. The second-order valence-corrected chi connectivity index (χ2v) is 12.2. The van der Waals surface area contributed by atoms with Crippen LogP contribution in [0.4, 0.5) is 14.9 Å². The Kier molecular flexibility index (Phi) is 6.93. The fourth-order valence-electron chi connectivity index (χ4n) is 7.12. The number of alkyl halides is 2. The summed E-state index contributed by atoms with van der Waals surface area (Å²) in [7, 11) is 3.65. The first-order valence-electron chi connectivity index (χ1n) is 13.5. The van der Waals surface area contributed by atoms with Crippen LogP contribution < -0.4 is 14.4 Å². The van der Waals surface area contributed by atoms with Crippen LogP contribution in [-0.2, 0) is 23.9 Å². The highest BCUT2D eigenvalue weighted by atomic mass is 35.5. The maximum atomic E-state index is 14.4. The number of phenolic OH excluding ortho intramolecular Hbond substituents is 1. The summed E-state index contributed by atoms with van der Waals surface area (Å²) >= 11 is 14.6. The number of fused-ring (bicyclic) bond motifs is 4. The summed E-state index contributed by atoms with van der Waals surface area (Å²) in [6.07, 6.45) is 0.208. The van der Waals surface area contributed by atoms with Crippen LogP contribution in [0.3, 0.4) is 0 Å².